The minimum atomic E-state index is -3.66. The third-order valence-corrected chi connectivity index (χ3v) is 9.31. The Balaban J connectivity index is 1.37. The molecule has 0 amide bonds. The van der Waals surface area contributed by atoms with Crippen molar-refractivity contribution in [1.29, 1.82) is 0 Å². The van der Waals surface area contributed by atoms with Gasteiger partial charge in [-0.25, -0.2) is 0 Å². The van der Waals surface area contributed by atoms with E-state index in [1.54, 1.807) is 6.08 Å². The predicted octanol–water partition coefficient (Wildman–Crippen LogP) is 7.75. The van der Waals surface area contributed by atoms with Crippen LogP contribution in [0.2, 0.25) is 0 Å². The molecule has 4 aromatic rings. The molecule has 7 nitrogen and oxygen atoms in total. The molecule has 0 radical (unpaired) electrons. The first-order chi connectivity index (χ1) is 22.1. The largest absolute Gasteiger partial charge is 0.374 e. The van der Waals surface area contributed by atoms with Gasteiger partial charge in [-0.15, -0.1) is 6.58 Å². The number of rotatable bonds is 18. The number of hydrogen-bond donors (Lipinski definition) is 0. The summed E-state index contributed by atoms with van der Waals surface area (Å²) in [5.74, 6) is 0. The van der Waals surface area contributed by atoms with Crippen LogP contribution in [0.25, 0.3) is 0 Å². The van der Waals surface area contributed by atoms with E-state index in [0.717, 1.165) is 22.3 Å². The Morgan fingerprint density at radius 2 is 1.04 bits per heavy atom. The van der Waals surface area contributed by atoms with Crippen molar-refractivity contribution in [3.63, 3.8) is 0 Å². The Morgan fingerprint density at radius 3 is 1.53 bits per heavy atom. The molecule has 1 unspecified atom stereocenters. The van der Waals surface area contributed by atoms with Gasteiger partial charge in [0.2, 0.25) is 0 Å². The Bertz CT molecular complexity index is 1450. The van der Waals surface area contributed by atoms with Gasteiger partial charge in [-0.3, -0.25) is 4.57 Å². The summed E-state index contributed by atoms with van der Waals surface area (Å²) in [6.07, 6.45) is -0.662. The van der Waals surface area contributed by atoms with E-state index in [-0.39, 0.29) is 26.0 Å². The van der Waals surface area contributed by atoms with Crippen molar-refractivity contribution in [2.24, 2.45) is 0 Å². The van der Waals surface area contributed by atoms with Crippen LogP contribution in [0.3, 0.4) is 0 Å². The van der Waals surface area contributed by atoms with Crippen molar-refractivity contribution in [2.75, 3.05) is 19.4 Å². The SMILES string of the molecule is C=CCOP(=O)(C[C@@H]1O[C@H](COCc2ccccc2)[C@@H](OCc2ccccc2)[C@@H]1OCc1ccccc1)OCc1ccccc1. The van der Waals surface area contributed by atoms with Crippen LogP contribution in [-0.4, -0.2) is 43.8 Å². The summed E-state index contributed by atoms with van der Waals surface area (Å²) in [7, 11) is -3.66. The van der Waals surface area contributed by atoms with Crippen LogP contribution < -0.4 is 0 Å². The molecule has 0 spiro atoms. The Hall–Kier alpha value is -3.39. The number of benzene rings is 4. The molecule has 0 N–H and O–H groups in total. The normalized spacial score (nSPS) is 20.9. The second-order valence-corrected chi connectivity index (χ2v) is 13.0. The zero-order chi connectivity index (χ0) is 31.2. The summed E-state index contributed by atoms with van der Waals surface area (Å²) in [5.41, 5.74) is 3.98. The van der Waals surface area contributed by atoms with Crippen LogP contribution in [-0.2, 0) is 59.0 Å². The summed E-state index contributed by atoms with van der Waals surface area (Å²) in [6, 6.07) is 39.5. The molecule has 8 heteroatoms. The highest BCUT2D eigenvalue weighted by molar-refractivity contribution is 7.53. The maximum absolute atomic E-state index is 14.2. The smallest absolute Gasteiger partial charge is 0.334 e. The minimum Gasteiger partial charge on any atom is -0.374 e. The quantitative estimate of drug-likeness (QED) is 0.0824. The van der Waals surface area contributed by atoms with Gasteiger partial charge in [0, 0.05) is 0 Å². The van der Waals surface area contributed by atoms with E-state index in [1.165, 1.54) is 0 Å². The fraction of sp³-hybridized carbons (Fsp3) is 0.297. The van der Waals surface area contributed by atoms with Gasteiger partial charge in [-0.2, -0.15) is 0 Å². The molecule has 1 aliphatic heterocycles. The average Bonchev–Trinajstić information content (AvgIpc) is 3.41. The topological polar surface area (TPSA) is 72.5 Å². The molecule has 5 rings (SSSR count). The molecule has 1 aliphatic rings. The van der Waals surface area contributed by atoms with Crippen molar-refractivity contribution >= 4 is 7.60 Å². The monoisotopic (exact) mass is 628 g/mol. The molecule has 236 valence electrons. The molecule has 1 heterocycles. The van der Waals surface area contributed by atoms with Crippen molar-refractivity contribution in [1.82, 2.24) is 0 Å². The van der Waals surface area contributed by atoms with Crippen molar-refractivity contribution in [3.8, 4) is 0 Å². The van der Waals surface area contributed by atoms with E-state index in [4.69, 9.17) is 28.0 Å². The molecule has 0 aliphatic carbocycles. The van der Waals surface area contributed by atoms with Gasteiger partial charge < -0.3 is 28.0 Å². The van der Waals surface area contributed by atoms with E-state index < -0.39 is 32.0 Å². The summed E-state index contributed by atoms with van der Waals surface area (Å²) in [6.45, 7) is 5.32. The van der Waals surface area contributed by atoms with Crippen LogP contribution in [0.5, 0.6) is 0 Å². The van der Waals surface area contributed by atoms with Crippen LogP contribution in [0.4, 0.5) is 0 Å². The van der Waals surface area contributed by atoms with Gasteiger partial charge in [0.1, 0.15) is 18.3 Å². The first kappa shape index (κ1) is 33.0. The molecular weight excluding hydrogens is 587 g/mol. The summed E-state index contributed by atoms with van der Waals surface area (Å²) >= 11 is 0. The molecule has 1 saturated heterocycles. The zero-order valence-electron chi connectivity index (χ0n) is 25.4. The van der Waals surface area contributed by atoms with Gasteiger partial charge >= 0.3 is 7.60 Å². The first-order valence-corrected chi connectivity index (χ1v) is 17.0. The van der Waals surface area contributed by atoms with Gasteiger partial charge in [0.25, 0.3) is 0 Å². The lowest BCUT2D eigenvalue weighted by atomic mass is 10.1. The second kappa shape index (κ2) is 17.3. The highest BCUT2D eigenvalue weighted by atomic mass is 31.2. The Labute approximate surface area is 266 Å². The fourth-order valence-corrected chi connectivity index (χ4v) is 6.86. The molecule has 45 heavy (non-hydrogen) atoms. The third-order valence-electron chi connectivity index (χ3n) is 7.43. The van der Waals surface area contributed by atoms with E-state index in [1.807, 2.05) is 121 Å². The van der Waals surface area contributed by atoms with Gasteiger partial charge in [-0.05, 0) is 22.3 Å². The average molecular weight is 629 g/mol. The van der Waals surface area contributed by atoms with Crippen molar-refractivity contribution in [2.45, 2.75) is 50.8 Å². The van der Waals surface area contributed by atoms with E-state index >= 15 is 0 Å². The minimum absolute atomic E-state index is 0.0203. The molecular formula is C37H41O7P. The van der Waals surface area contributed by atoms with Crippen LogP contribution >= 0.6 is 7.60 Å². The standard InChI is InChI=1S/C37H41O7P/c1-2-23-42-45(38,43-27-33-21-13-6-14-22-33)29-35-37(41-26-32-19-11-5-12-20-32)36(40-25-31-17-9-4-10-18-31)34(44-35)28-39-24-30-15-7-3-8-16-30/h2-22,34-37H,1,23-29H2/t34-,35+,36-,37-,45?/m1/s1. The van der Waals surface area contributed by atoms with Gasteiger partial charge in [0.15, 0.2) is 0 Å². The highest BCUT2D eigenvalue weighted by Gasteiger charge is 2.49. The van der Waals surface area contributed by atoms with Gasteiger partial charge in [0.05, 0.1) is 51.9 Å². The third kappa shape index (κ3) is 10.3. The van der Waals surface area contributed by atoms with Crippen molar-refractivity contribution < 1.29 is 32.6 Å². The lowest BCUT2D eigenvalue weighted by molar-refractivity contribution is -0.0897. The first-order valence-electron chi connectivity index (χ1n) is 15.2. The van der Waals surface area contributed by atoms with Crippen molar-refractivity contribution in [3.05, 3.63) is 156 Å². The fourth-order valence-electron chi connectivity index (χ4n) is 5.16. The van der Waals surface area contributed by atoms with E-state index in [9.17, 15) is 4.57 Å². The second-order valence-electron chi connectivity index (χ2n) is 10.9. The molecule has 1 fully saturated rings. The summed E-state index contributed by atoms with van der Waals surface area (Å²) in [5, 5.41) is 0. The summed E-state index contributed by atoms with van der Waals surface area (Å²) < 4.78 is 51.9. The number of hydrogen-bond acceptors (Lipinski definition) is 7. The molecule has 0 aromatic heterocycles. The van der Waals surface area contributed by atoms with E-state index in [2.05, 4.69) is 6.58 Å². The summed E-state index contributed by atoms with van der Waals surface area (Å²) in [4.78, 5) is 0. The number of ether oxygens (including phenoxy) is 4. The van der Waals surface area contributed by atoms with Crippen LogP contribution in [0.1, 0.15) is 22.3 Å². The molecule has 0 saturated carbocycles. The van der Waals surface area contributed by atoms with E-state index in [0.29, 0.717) is 19.8 Å². The molecule has 5 atom stereocenters. The molecule has 0 bridgehead atoms. The lowest BCUT2D eigenvalue weighted by Crippen LogP contribution is -2.40. The van der Waals surface area contributed by atoms with Crippen LogP contribution in [0.15, 0.2) is 134 Å². The highest BCUT2D eigenvalue weighted by Crippen LogP contribution is 2.51. The van der Waals surface area contributed by atoms with Crippen LogP contribution in [0, 0.1) is 0 Å². The predicted molar refractivity (Wildman–Crippen MR) is 175 cm³/mol. The zero-order valence-corrected chi connectivity index (χ0v) is 26.3. The molecule has 4 aromatic carbocycles. The maximum atomic E-state index is 14.2. The van der Waals surface area contributed by atoms with Gasteiger partial charge in [-0.1, -0.05) is 127 Å². The maximum Gasteiger partial charge on any atom is 0.334 e. The lowest BCUT2D eigenvalue weighted by Gasteiger charge is -2.27. The Morgan fingerprint density at radius 1 is 0.600 bits per heavy atom. The Kier molecular flexibility index (Phi) is 12.7.